The van der Waals surface area contributed by atoms with Crippen LogP contribution in [0.4, 0.5) is 0 Å². The Hall–Kier alpha value is -1.89. The van der Waals surface area contributed by atoms with Crippen molar-refractivity contribution in [2.24, 2.45) is 0 Å². The van der Waals surface area contributed by atoms with Crippen molar-refractivity contribution < 1.29 is 18.3 Å². The summed E-state index contributed by atoms with van der Waals surface area (Å²) in [6.45, 7) is 2.44. The number of sulfonamides is 1. The minimum Gasteiger partial charge on any atom is -0.477 e. The van der Waals surface area contributed by atoms with Crippen molar-refractivity contribution in [2.75, 3.05) is 32.7 Å². The van der Waals surface area contributed by atoms with Crippen LogP contribution >= 0.6 is 0 Å². The normalized spacial score (nSPS) is 17.5. The van der Waals surface area contributed by atoms with Gasteiger partial charge < -0.3 is 10.1 Å². The van der Waals surface area contributed by atoms with Gasteiger partial charge in [-0.1, -0.05) is 0 Å². The van der Waals surface area contributed by atoms with E-state index in [9.17, 15) is 13.2 Å². The van der Waals surface area contributed by atoms with Gasteiger partial charge in [-0.15, -0.1) is 0 Å². The van der Waals surface area contributed by atoms with Crippen molar-refractivity contribution >= 4 is 16.0 Å². The average Bonchev–Trinajstić information content (AvgIpc) is 2.96. The van der Waals surface area contributed by atoms with Crippen LogP contribution in [0.5, 0.6) is 0 Å². The second kappa shape index (κ2) is 6.26. The number of H-pyrrole nitrogens is 1. The van der Waals surface area contributed by atoms with Gasteiger partial charge in [0.2, 0.25) is 10.0 Å². The first-order chi connectivity index (χ1) is 9.95. The second-order valence-corrected chi connectivity index (χ2v) is 6.65. The largest absolute Gasteiger partial charge is 0.477 e. The number of nitrogens with zero attached hydrogens (tertiary/aromatic N) is 3. The van der Waals surface area contributed by atoms with E-state index in [1.807, 2.05) is 4.90 Å². The third kappa shape index (κ3) is 3.41. The topological polar surface area (TPSA) is 117 Å². The molecule has 21 heavy (non-hydrogen) atoms. The van der Waals surface area contributed by atoms with Crippen molar-refractivity contribution in [1.82, 2.24) is 14.2 Å². The van der Waals surface area contributed by atoms with Gasteiger partial charge in [0, 0.05) is 45.3 Å². The fourth-order valence-corrected chi connectivity index (χ4v) is 3.61. The molecule has 1 aromatic heterocycles. The average molecular weight is 312 g/mol. The van der Waals surface area contributed by atoms with E-state index in [1.165, 1.54) is 10.5 Å². The van der Waals surface area contributed by atoms with Crippen LogP contribution in [-0.4, -0.2) is 66.4 Å². The Kier molecular flexibility index (Phi) is 4.62. The molecule has 1 saturated heterocycles. The van der Waals surface area contributed by atoms with Crippen molar-refractivity contribution in [3.63, 3.8) is 0 Å². The van der Waals surface area contributed by atoms with Crippen LogP contribution in [0.1, 0.15) is 16.9 Å². The quantitative estimate of drug-likeness (QED) is 0.786. The number of aromatic nitrogens is 1. The van der Waals surface area contributed by atoms with Gasteiger partial charge in [-0.2, -0.15) is 9.57 Å². The lowest BCUT2D eigenvalue weighted by Crippen LogP contribution is -2.48. The third-order valence-corrected chi connectivity index (χ3v) is 5.27. The van der Waals surface area contributed by atoms with E-state index in [-0.39, 0.29) is 10.6 Å². The third-order valence-electron chi connectivity index (χ3n) is 3.40. The van der Waals surface area contributed by atoms with Gasteiger partial charge in [-0.25, -0.2) is 13.2 Å². The fraction of sp³-hybridized carbons (Fsp3) is 0.500. The number of carbonyl (C=O) groups is 1. The van der Waals surface area contributed by atoms with E-state index in [2.05, 4.69) is 11.1 Å². The number of hydrogen-bond acceptors (Lipinski definition) is 5. The molecule has 0 radical (unpaired) electrons. The van der Waals surface area contributed by atoms with E-state index in [0.29, 0.717) is 39.1 Å². The maximum atomic E-state index is 12.4. The molecule has 1 aliphatic heterocycles. The molecule has 2 heterocycles. The highest BCUT2D eigenvalue weighted by atomic mass is 32.2. The van der Waals surface area contributed by atoms with E-state index in [0.717, 1.165) is 6.07 Å². The summed E-state index contributed by atoms with van der Waals surface area (Å²) in [5.41, 5.74) is -0.152. The van der Waals surface area contributed by atoms with Crippen molar-refractivity contribution in [3.8, 4) is 6.07 Å². The molecule has 1 aliphatic rings. The van der Waals surface area contributed by atoms with Crippen LogP contribution in [0.3, 0.4) is 0 Å². The van der Waals surface area contributed by atoms with Crippen LogP contribution in [0.25, 0.3) is 0 Å². The van der Waals surface area contributed by atoms with Crippen LogP contribution < -0.4 is 0 Å². The first-order valence-electron chi connectivity index (χ1n) is 6.46. The van der Waals surface area contributed by atoms with Crippen molar-refractivity contribution in [3.05, 3.63) is 18.0 Å². The second-order valence-electron chi connectivity index (χ2n) is 4.71. The number of carboxylic acids is 1. The smallest absolute Gasteiger partial charge is 0.352 e. The summed E-state index contributed by atoms with van der Waals surface area (Å²) in [6.07, 6.45) is 1.62. The molecular formula is C12H16N4O4S. The van der Waals surface area contributed by atoms with Gasteiger partial charge in [0.1, 0.15) is 10.6 Å². The molecule has 0 unspecified atom stereocenters. The molecule has 0 aliphatic carbocycles. The van der Waals surface area contributed by atoms with E-state index < -0.39 is 16.0 Å². The highest BCUT2D eigenvalue weighted by molar-refractivity contribution is 7.89. The van der Waals surface area contributed by atoms with E-state index in [4.69, 9.17) is 10.4 Å². The number of nitrogens with one attached hydrogen (secondary N) is 1. The van der Waals surface area contributed by atoms with Gasteiger partial charge >= 0.3 is 5.97 Å². The Labute approximate surface area is 122 Å². The molecular weight excluding hydrogens is 296 g/mol. The molecule has 8 nitrogen and oxygen atoms in total. The molecule has 0 spiro atoms. The predicted molar refractivity (Wildman–Crippen MR) is 73.2 cm³/mol. The van der Waals surface area contributed by atoms with Crippen LogP contribution in [0.2, 0.25) is 0 Å². The van der Waals surface area contributed by atoms with Crippen LogP contribution in [-0.2, 0) is 10.0 Å². The molecule has 0 bridgehead atoms. The number of piperazine rings is 1. The van der Waals surface area contributed by atoms with Crippen LogP contribution in [0, 0.1) is 11.3 Å². The molecule has 1 aromatic rings. The maximum Gasteiger partial charge on any atom is 0.352 e. The molecule has 2 N–H and O–H groups in total. The molecule has 1 fully saturated rings. The standard InChI is InChI=1S/C12H16N4O4S/c13-2-1-3-15-4-6-16(7-5-15)21(19,20)10-8-11(12(17)18)14-9-10/h8-9,14H,1,3-7H2,(H,17,18). The molecule has 0 aromatic carbocycles. The molecule has 0 saturated carbocycles. The molecule has 0 amide bonds. The molecule has 0 atom stereocenters. The molecule has 9 heteroatoms. The Bertz CT molecular complexity index is 653. The van der Waals surface area contributed by atoms with Crippen molar-refractivity contribution in [1.29, 1.82) is 5.26 Å². The predicted octanol–water partition coefficient (Wildman–Crippen LogP) is -0.0671. The number of hydrogen-bond donors (Lipinski definition) is 2. The lowest BCUT2D eigenvalue weighted by molar-refractivity contribution is 0.0691. The SMILES string of the molecule is N#CCCN1CCN(S(=O)(=O)c2c[nH]c(C(=O)O)c2)CC1. The van der Waals surface area contributed by atoms with Gasteiger partial charge in [0.25, 0.3) is 0 Å². The van der Waals surface area contributed by atoms with Gasteiger partial charge in [0.15, 0.2) is 0 Å². The maximum absolute atomic E-state index is 12.4. The monoisotopic (exact) mass is 312 g/mol. The molecule has 114 valence electrons. The van der Waals surface area contributed by atoms with Gasteiger partial charge in [-0.05, 0) is 6.07 Å². The number of nitriles is 1. The highest BCUT2D eigenvalue weighted by Crippen LogP contribution is 2.18. The zero-order valence-electron chi connectivity index (χ0n) is 11.3. The Balaban J connectivity index is 2.04. The number of carboxylic acid groups (broad SMARTS) is 1. The van der Waals surface area contributed by atoms with E-state index >= 15 is 0 Å². The lowest BCUT2D eigenvalue weighted by Gasteiger charge is -2.33. The Morgan fingerprint density at radius 3 is 2.57 bits per heavy atom. The Morgan fingerprint density at radius 2 is 2.05 bits per heavy atom. The summed E-state index contributed by atoms with van der Waals surface area (Å²) in [5.74, 6) is -1.20. The lowest BCUT2D eigenvalue weighted by atomic mass is 10.3. The van der Waals surface area contributed by atoms with E-state index in [1.54, 1.807) is 0 Å². The minimum atomic E-state index is -3.67. The number of aromatic carboxylic acids is 1. The Morgan fingerprint density at radius 1 is 1.38 bits per heavy atom. The zero-order chi connectivity index (χ0) is 15.5. The van der Waals surface area contributed by atoms with Crippen molar-refractivity contribution in [2.45, 2.75) is 11.3 Å². The first-order valence-corrected chi connectivity index (χ1v) is 7.90. The van der Waals surface area contributed by atoms with Crippen LogP contribution in [0.15, 0.2) is 17.2 Å². The minimum absolute atomic E-state index is 0.0367. The first kappa shape index (κ1) is 15.5. The summed E-state index contributed by atoms with van der Waals surface area (Å²) in [4.78, 5) is 15.2. The summed E-state index contributed by atoms with van der Waals surface area (Å²) in [6, 6.07) is 3.19. The zero-order valence-corrected chi connectivity index (χ0v) is 12.1. The fourth-order valence-electron chi connectivity index (χ4n) is 2.20. The van der Waals surface area contributed by atoms with Gasteiger partial charge in [0.05, 0.1) is 6.07 Å². The summed E-state index contributed by atoms with van der Waals surface area (Å²) in [5, 5.41) is 17.4. The summed E-state index contributed by atoms with van der Waals surface area (Å²) >= 11 is 0. The van der Waals surface area contributed by atoms with Gasteiger partial charge in [-0.3, -0.25) is 4.90 Å². The number of rotatable bonds is 5. The summed E-state index contributed by atoms with van der Waals surface area (Å²) < 4.78 is 26.1. The summed E-state index contributed by atoms with van der Waals surface area (Å²) in [7, 11) is -3.67. The molecule has 2 rings (SSSR count). The number of aromatic amines is 1. The highest BCUT2D eigenvalue weighted by Gasteiger charge is 2.29.